The highest BCUT2D eigenvalue weighted by molar-refractivity contribution is 7.15. The highest BCUT2D eigenvalue weighted by atomic mass is 32.1. The van der Waals surface area contributed by atoms with Crippen molar-refractivity contribution in [3.05, 3.63) is 29.2 Å². The number of thiazole rings is 1. The van der Waals surface area contributed by atoms with Crippen LogP contribution < -0.4 is 5.73 Å². The van der Waals surface area contributed by atoms with Crippen LogP contribution in [-0.2, 0) is 6.42 Å². The summed E-state index contributed by atoms with van der Waals surface area (Å²) in [6, 6.07) is 0. The van der Waals surface area contributed by atoms with E-state index in [0.29, 0.717) is 6.54 Å². The number of aryl methyl sites for hydroxylation is 1. The minimum absolute atomic E-state index is 0.656. The summed E-state index contributed by atoms with van der Waals surface area (Å²) in [6.45, 7) is 2.66. The Morgan fingerprint density at radius 1 is 1.40 bits per heavy atom. The molecule has 5 heteroatoms. The highest BCUT2D eigenvalue weighted by Gasteiger charge is 2.09. The molecule has 2 heterocycles. The van der Waals surface area contributed by atoms with Crippen molar-refractivity contribution < 1.29 is 0 Å². The molecule has 2 aromatic heterocycles. The molecule has 0 saturated carbocycles. The lowest BCUT2D eigenvalue weighted by molar-refractivity contribution is 0.970. The second-order valence-corrected chi connectivity index (χ2v) is 4.24. The van der Waals surface area contributed by atoms with Crippen LogP contribution in [0.1, 0.15) is 10.6 Å². The van der Waals surface area contributed by atoms with Crippen molar-refractivity contribution in [1.82, 2.24) is 15.0 Å². The van der Waals surface area contributed by atoms with Gasteiger partial charge in [0.1, 0.15) is 10.7 Å². The molecule has 0 aromatic carbocycles. The summed E-state index contributed by atoms with van der Waals surface area (Å²) in [5, 5.41) is 0.920. The van der Waals surface area contributed by atoms with Crippen LogP contribution in [0.3, 0.4) is 0 Å². The van der Waals surface area contributed by atoms with Gasteiger partial charge in [-0.3, -0.25) is 9.97 Å². The Kier molecular flexibility index (Phi) is 3.03. The van der Waals surface area contributed by atoms with Crippen LogP contribution in [0.25, 0.3) is 10.7 Å². The van der Waals surface area contributed by atoms with E-state index in [0.717, 1.165) is 22.8 Å². The first kappa shape index (κ1) is 10.2. The maximum Gasteiger partial charge on any atom is 0.143 e. The molecule has 2 aromatic rings. The summed E-state index contributed by atoms with van der Waals surface area (Å²) >= 11 is 1.64. The van der Waals surface area contributed by atoms with Gasteiger partial charge in [-0.1, -0.05) is 0 Å². The summed E-state index contributed by atoms with van der Waals surface area (Å²) in [6.07, 6.45) is 5.94. The number of nitrogens with zero attached hydrogens (tertiary/aromatic N) is 3. The molecule has 2 rings (SSSR count). The zero-order chi connectivity index (χ0) is 10.7. The second kappa shape index (κ2) is 4.46. The number of hydrogen-bond acceptors (Lipinski definition) is 5. The first-order chi connectivity index (χ1) is 7.31. The van der Waals surface area contributed by atoms with Crippen LogP contribution in [0.4, 0.5) is 0 Å². The van der Waals surface area contributed by atoms with Crippen LogP contribution in [0.5, 0.6) is 0 Å². The minimum Gasteiger partial charge on any atom is -0.330 e. The molecule has 0 saturated heterocycles. The van der Waals surface area contributed by atoms with Gasteiger partial charge in [0, 0.05) is 17.3 Å². The third-order valence-electron chi connectivity index (χ3n) is 2.05. The molecule has 78 valence electrons. The van der Waals surface area contributed by atoms with Crippen molar-refractivity contribution >= 4 is 11.3 Å². The monoisotopic (exact) mass is 220 g/mol. The second-order valence-electron chi connectivity index (χ2n) is 3.16. The first-order valence-corrected chi connectivity index (χ1v) is 5.55. The molecule has 0 unspecified atom stereocenters. The molecular formula is C10H12N4S. The molecule has 0 aliphatic heterocycles. The van der Waals surface area contributed by atoms with Crippen LogP contribution in [-0.4, -0.2) is 21.5 Å². The molecule has 0 bridgehead atoms. The van der Waals surface area contributed by atoms with Crippen LogP contribution >= 0.6 is 11.3 Å². The molecule has 0 aliphatic carbocycles. The topological polar surface area (TPSA) is 64.7 Å². The highest BCUT2D eigenvalue weighted by Crippen LogP contribution is 2.25. The SMILES string of the molecule is Cc1nc(-c2cnccn2)sc1CCN. The fraction of sp³-hybridized carbons (Fsp3) is 0.300. The fourth-order valence-corrected chi connectivity index (χ4v) is 2.35. The molecule has 0 fully saturated rings. The predicted octanol–water partition coefficient (Wildman–Crippen LogP) is 1.41. The minimum atomic E-state index is 0.656. The number of aromatic nitrogens is 3. The largest absolute Gasteiger partial charge is 0.330 e. The quantitative estimate of drug-likeness (QED) is 0.849. The maximum absolute atomic E-state index is 5.53. The molecule has 2 N–H and O–H groups in total. The third-order valence-corrected chi connectivity index (χ3v) is 3.29. The van der Waals surface area contributed by atoms with E-state index < -0.39 is 0 Å². The molecule has 15 heavy (non-hydrogen) atoms. The number of nitrogens with two attached hydrogens (primary N) is 1. The van der Waals surface area contributed by atoms with E-state index in [9.17, 15) is 0 Å². The zero-order valence-electron chi connectivity index (χ0n) is 8.47. The van der Waals surface area contributed by atoms with Gasteiger partial charge in [-0.05, 0) is 19.9 Å². The van der Waals surface area contributed by atoms with E-state index in [4.69, 9.17) is 5.73 Å². The van der Waals surface area contributed by atoms with E-state index >= 15 is 0 Å². The predicted molar refractivity (Wildman–Crippen MR) is 60.6 cm³/mol. The third kappa shape index (κ3) is 2.19. The van der Waals surface area contributed by atoms with Crippen molar-refractivity contribution in [2.75, 3.05) is 6.54 Å². The Bertz CT molecular complexity index is 438. The van der Waals surface area contributed by atoms with Crippen molar-refractivity contribution in [3.8, 4) is 10.7 Å². The Labute approximate surface area is 92.2 Å². The van der Waals surface area contributed by atoms with Crippen LogP contribution in [0, 0.1) is 6.92 Å². The van der Waals surface area contributed by atoms with Gasteiger partial charge in [-0.25, -0.2) is 4.98 Å². The molecule has 4 nitrogen and oxygen atoms in total. The number of rotatable bonds is 3. The molecular weight excluding hydrogens is 208 g/mol. The standard InChI is InChI=1S/C10H12N4S/c1-7-9(2-3-11)15-10(14-7)8-6-12-4-5-13-8/h4-6H,2-3,11H2,1H3. The smallest absolute Gasteiger partial charge is 0.143 e. The van der Waals surface area contributed by atoms with E-state index in [2.05, 4.69) is 15.0 Å². The molecule has 0 spiro atoms. The van der Waals surface area contributed by atoms with Gasteiger partial charge in [-0.2, -0.15) is 0 Å². The van der Waals surface area contributed by atoms with Gasteiger partial charge >= 0.3 is 0 Å². The molecule has 0 amide bonds. The summed E-state index contributed by atoms with van der Waals surface area (Å²) in [5.41, 5.74) is 7.40. The van der Waals surface area contributed by atoms with Gasteiger partial charge < -0.3 is 5.73 Å². The number of hydrogen-bond donors (Lipinski definition) is 1. The van der Waals surface area contributed by atoms with Crippen molar-refractivity contribution in [2.45, 2.75) is 13.3 Å². The van der Waals surface area contributed by atoms with E-state index in [1.165, 1.54) is 4.88 Å². The summed E-state index contributed by atoms with van der Waals surface area (Å²) in [5.74, 6) is 0. The van der Waals surface area contributed by atoms with E-state index in [1.54, 1.807) is 29.9 Å². The average molecular weight is 220 g/mol. The van der Waals surface area contributed by atoms with Crippen molar-refractivity contribution in [3.63, 3.8) is 0 Å². The fourth-order valence-electron chi connectivity index (χ4n) is 1.31. The Morgan fingerprint density at radius 3 is 2.93 bits per heavy atom. The lowest BCUT2D eigenvalue weighted by Gasteiger charge is -1.91. The zero-order valence-corrected chi connectivity index (χ0v) is 9.29. The Balaban J connectivity index is 2.34. The summed E-state index contributed by atoms with van der Waals surface area (Å²) in [7, 11) is 0. The van der Waals surface area contributed by atoms with Crippen LogP contribution in [0.15, 0.2) is 18.6 Å². The first-order valence-electron chi connectivity index (χ1n) is 4.74. The van der Waals surface area contributed by atoms with E-state index in [-0.39, 0.29) is 0 Å². The molecule has 0 aliphatic rings. The van der Waals surface area contributed by atoms with Crippen molar-refractivity contribution in [1.29, 1.82) is 0 Å². The summed E-state index contributed by atoms with van der Waals surface area (Å²) in [4.78, 5) is 13.9. The van der Waals surface area contributed by atoms with Gasteiger partial charge in [0.05, 0.1) is 11.9 Å². The van der Waals surface area contributed by atoms with E-state index in [1.807, 2.05) is 6.92 Å². The van der Waals surface area contributed by atoms with Gasteiger partial charge in [0.2, 0.25) is 0 Å². The summed E-state index contributed by atoms with van der Waals surface area (Å²) < 4.78 is 0. The van der Waals surface area contributed by atoms with Gasteiger partial charge in [0.25, 0.3) is 0 Å². The van der Waals surface area contributed by atoms with Gasteiger partial charge in [0.15, 0.2) is 0 Å². The maximum atomic E-state index is 5.53. The lowest BCUT2D eigenvalue weighted by Crippen LogP contribution is -2.01. The Morgan fingerprint density at radius 2 is 2.27 bits per heavy atom. The lowest BCUT2D eigenvalue weighted by atomic mass is 10.3. The van der Waals surface area contributed by atoms with Crippen molar-refractivity contribution in [2.24, 2.45) is 5.73 Å². The molecule has 0 atom stereocenters. The van der Waals surface area contributed by atoms with Gasteiger partial charge in [-0.15, -0.1) is 11.3 Å². The van der Waals surface area contributed by atoms with Crippen LogP contribution in [0.2, 0.25) is 0 Å². The Hall–Kier alpha value is -1.33. The molecule has 0 radical (unpaired) electrons. The normalized spacial score (nSPS) is 10.5. The average Bonchev–Trinajstić information content (AvgIpc) is 2.63.